The van der Waals surface area contributed by atoms with E-state index in [-0.39, 0.29) is 17.1 Å². The highest BCUT2D eigenvalue weighted by atomic mass is 35.5. The molecule has 0 aliphatic carbocycles. The number of benzene rings is 2. The molecule has 1 amide bonds. The number of aromatic nitrogens is 2. The molecule has 0 bridgehead atoms. The van der Waals surface area contributed by atoms with Crippen molar-refractivity contribution in [3.63, 3.8) is 0 Å². The van der Waals surface area contributed by atoms with Crippen LogP contribution in [0, 0.1) is 5.82 Å². The highest BCUT2D eigenvalue weighted by molar-refractivity contribution is 6.31. The zero-order valence-electron chi connectivity index (χ0n) is 14.1. The summed E-state index contributed by atoms with van der Waals surface area (Å²) >= 11 is 5.81. The van der Waals surface area contributed by atoms with E-state index >= 15 is 0 Å². The summed E-state index contributed by atoms with van der Waals surface area (Å²) < 4.78 is 14.5. The fourth-order valence-corrected chi connectivity index (χ4v) is 2.67. The Kier molecular flexibility index (Phi) is 5.47. The van der Waals surface area contributed by atoms with E-state index in [1.165, 1.54) is 24.3 Å². The van der Waals surface area contributed by atoms with Crippen LogP contribution < -0.4 is 11.3 Å². The number of halogens is 2. The average molecular weight is 384 g/mol. The predicted molar refractivity (Wildman–Crippen MR) is 103 cm³/mol. The van der Waals surface area contributed by atoms with Crippen LogP contribution in [-0.2, 0) is 6.54 Å². The minimum Gasteiger partial charge on any atom is -0.365 e. The van der Waals surface area contributed by atoms with Gasteiger partial charge in [0.05, 0.1) is 17.3 Å². The highest BCUT2D eigenvalue weighted by Gasteiger charge is 2.14. The summed E-state index contributed by atoms with van der Waals surface area (Å²) in [5.74, 6) is -1.44. The van der Waals surface area contributed by atoms with Gasteiger partial charge in [0.15, 0.2) is 0 Å². The maximum absolute atomic E-state index is 13.4. The van der Waals surface area contributed by atoms with Gasteiger partial charge in [-0.1, -0.05) is 54.1 Å². The first-order valence-electron chi connectivity index (χ1n) is 8.04. The molecule has 7 heteroatoms. The lowest BCUT2D eigenvalue weighted by atomic mass is 10.1. The molecule has 27 heavy (non-hydrogen) atoms. The van der Waals surface area contributed by atoms with Crippen LogP contribution in [0.5, 0.6) is 0 Å². The molecular formula is C20H15ClFN3O2. The molecule has 0 fully saturated rings. The Balaban J connectivity index is 2.01. The van der Waals surface area contributed by atoms with Gasteiger partial charge in [-0.3, -0.25) is 9.59 Å². The number of allylic oxidation sites excluding steroid dienone is 1. The molecular weight excluding hydrogens is 369 g/mol. The van der Waals surface area contributed by atoms with E-state index in [9.17, 15) is 14.0 Å². The summed E-state index contributed by atoms with van der Waals surface area (Å²) in [4.78, 5) is 24.1. The molecule has 0 spiro atoms. The second-order valence-electron chi connectivity index (χ2n) is 5.74. The van der Waals surface area contributed by atoms with Crippen molar-refractivity contribution in [1.29, 1.82) is 0 Å². The van der Waals surface area contributed by atoms with Crippen LogP contribution in [0.3, 0.4) is 0 Å². The Morgan fingerprint density at radius 3 is 2.59 bits per heavy atom. The average Bonchev–Trinajstić information content (AvgIpc) is 2.66. The summed E-state index contributed by atoms with van der Waals surface area (Å²) in [6, 6.07) is 14.8. The third-order valence-corrected chi connectivity index (χ3v) is 4.13. The number of rotatable bonds is 5. The van der Waals surface area contributed by atoms with Gasteiger partial charge in [0.1, 0.15) is 11.4 Å². The van der Waals surface area contributed by atoms with E-state index in [4.69, 9.17) is 17.3 Å². The molecule has 136 valence electrons. The fourth-order valence-electron chi connectivity index (χ4n) is 2.49. The van der Waals surface area contributed by atoms with Crippen molar-refractivity contribution >= 4 is 23.6 Å². The minimum atomic E-state index is -0.863. The molecule has 0 atom stereocenters. The van der Waals surface area contributed by atoms with Gasteiger partial charge in [0.2, 0.25) is 0 Å². The van der Waals surface area contributed by atoms with Gasteiger partial charge in [0, 0.05) is 5.56 Å². The second kappa shape index (κ2) is 7.97. The van der Waals surface area contributed by atoms with Crippen LogP contribution in [0.15, 0.2) is 65.5 Å². The fraction of sp³-hybridized carbons (Fsp3) is 0.0500. The first-order valence-corrected chi connectivity index (χ1v) is 8.42. The molecule has 2 aromatic carbocycles. The van der Waals surface area contributed by atoms with Crippen molar-refractivity contribution < 1.29 is 9.18 Å². The highest BCUT2D eigenvalue weighted by Crippen LogP contribution is 2.23. The third-order valence-electron chi connectivity index (χ3n) is 3.84. The zero-order chi connectivity index (χ0) is 19.4. The van der Waals surface area contributed by atoms with E-state index in [0.717, 1.165) is 10.2 Å². The Hall–Kier alpha value is -3.25. The lowest BCUT2D eigenvalue weighted by Gasteiger charge is -2.08. The standard InChI is InChI=1S/C20H15ClFN3O2/c21-16-11-14(8-9-17(16)22)18-12-15(19(23)26)20(27)25(24-18)10-4-7-13-5-2-1-3-6-13/h1-9,11-12H,10H2,(H2,23,26)/b7-4+. The molecule has 0 aliphatic rings. The van der Waals surface area contributed by atoms with E-state index in [2.05, 4.69) is 5.10 Å². The van der Waals surface area contributed by atoms with Gasteiger partial charge in [-0.2, -0.15) is 5.10 Å². The van der Waals surface area contributed by atoms with Crippen LogP contribution >= 0.6 is 11.6 Å². The molecule has 0 aliphatic heterocycles. The largest absolute Gasteiger partial charge is 0.365 e. The molecule has 2 N–H and O–H groups in total. The normalized spacial score (nSPS) is 11.0. The third kappa shape index (κ3) is 4.30. The van der Waals surface area contributed by atoms with Crippen LogP contribution in [0.4, 0.5) is 4.39 Å². The van der Waals surface area contributed by atoms with Crippen molar-refractivity contribution in [1.82, 2.24) is 9.78 Å². The number of carbonyl (C=O) groups is 1. The summed E-state index contributed by atoms with van der Waals surface area (Å²) in [5, 5.41) is 4.17. The van der Waals surface area contributed by atoms with Crippen molar-refractivity contribution in [2.24, 2.45) is 5.73 Å². The quantitative estimate of drug-likeness (QED) is 0.732. The molecule has 3 rings (SSSR count). The number of amides is 1. The van der Waals surface area contributed by atoms with Gasteiger partial charge in [-0.05, 0) is 29.8 Å². The molecule has 0 unspecified atom stereocenters. The maximum atomic E-state index is 13.4. The van der Waals surface area contributed by atoms with Crippen molar-refractivity contribution in [2.75, 3.05) is 0 Å². The summed E-state index contributed by atoms with van der Waals surface area (Å²) in [6.45, 7) is 0.136. The Bertz CT molecular complexity index is 1080. The number of hydrogen-bond donors (Lipinski definition) is 1. The van der Waals surface area contributed by atoms with E-state index in [1.807, 2.05) is 36.4 Å². The Labute approximate surface area is 159 Å². The molecule has 1 heterocycles. The van der Waals surface area contributed by atoms with Crippen LogP contribution in [0.1, 0.15) is 15.9 Å². The monoisotopic (exact) mass is 383 g/mol. The summed E-state index contributed by atoms with van der Waals surface area (Å²) in [7, 11) is 0. The predicted octanol–water partition coefficient (Wildman–Crippen LogP) is 3.52. The van der Waals surface area contributed by atoms with Gasteiger partial charge in [0.25, 0.3) is 11.5 Å². The number of nitrogens with two attached hydrogens (primary N) is 1. The van der Waals surface area contributed by atoms with E-state index in [0.29, 0.717) is 11.3 Å². The molecule has 0 saturated carbocycles. The topological polar surface area (TPSA) is 78.0 Å². The van der Waals surface area contributed by atoms with Gasteiger partial charge >= 0.3 is 0 Å². The van der Waals surface area contributed by atoms with Crippen molar-refractivity contribution in [3.05, 3.63) is 93.0 Å². The Morgan fingerprint density at radius 2 is 1.93 bits per heavy atom. The Morgan fingerprint density at radius 1 is 1.19 bits per heavy atom. The summed E-state index contributed by atoms with van der Waals surface area (Å²) in [6.07, 6.45) is 3.58. The molecule has 1 aromatic heterocycles. The van der Waals surface area contributed by atoms with E-state index in [1.54, 1.807) is 6.08 Å². The smallest absolute Gasteiger partial charge is 0.279 e. The minimum absolute atomic E-state index is 0.0864. The van der Waals surface area contributed by atoms with Crippen LogP contribution in [0.25, 0.3) is 17.3 Å². The number of primary amides is 1. The van der Waals surface area contributed by atoms with Gasteiger partial charge < -0.3 is 5.73 Å². The molecule has 0 saturated heterocycles. The molecule has 0 radical (unpaired) electrons. The number of nitrogens with zero attached hydrogens (tertiary/aromatic N) is 2. The first kappa shape index (κ1) is 18.5. The molecule has 5 nitrogen and oxygen atoms in total. The lowest BCUT2D eigenvalue weighted by molar-refractivity contribution is 0.0998. The van der Waals surface area contributed by atoms with Crippen LogP contribution in [0.2, 0.25) is 5.02 Å². The summed E-state index contributed by atoms with van der Waals surface area (Å²) in [5.41, 5.74) is 6.23. The zero-order valence-corrected chi connectivity index (χ0v) is 14.9. The van der Waals surface area contributed by atoms with Crippen LogP contribution in [-0.4, -0.2) is 15.7 Å². The number of hydrogen-bond acceptors (Lipinski definition) is 3. The van der Waals surface area contributed by atoms with E-state index < -0.39 is 17.3 Å². The molecule has 3 aromatic rings. The van der Waals surface area contributed by atoms with Gasteiger partial charge in [-0.15, -0.1) is 0 Å². The maximum Gasteiger partial charge on any atom is 0.279 e. The SMILES string of the molecule is NC(=O)c1cc(-c2ccc(F)c(Cl)c2)nn(C/C=C/c2ccccc2)c1=O. The number of carbonyl (C=O) groups excluding carboxylic acids is 1. The second-order valence-corrected chi connectivity index (χ2v) is 6.14. The van der Waals surface area contributed by atoms with Crippen molar-refractivity contribution in [2.45, 2.75) is 6.54 Å². The lowest BCUT2D eigenvalue weighted by Crippen LogP contribution is -2.31. The first-order chi connectivity index (χ1) is 13.0. The van der Waals surface area contributed by atoms with Gasteiger partial charge in [-0.25, -0.2) is 9.07 Å². The van der Waals surface area contributed by atoms with Crippen molar-refractivity contribution in [3.8, 4) is 11.3 Å².